The molecule has 1 amide bonds. The summed E-state index contributed by atoms with van der Waals surface area (Å²) >= 11 is 0. The highest BCUT2D eigenvalue weighted by atomic mass is 19.1. The summed E-state index contributed by atoms with van der Waals surface area (Å²) in [5, 5.41) is 2.67. The molecule has 0 aliphatic carbocycles. The zero-order chi connectivity index (χ0) is 15.2. The number of amides is 1. The molecule has 6 heteroatoms. The zero-order valence-corrected chi connectivity index (χ0v) is 11.5. The van der Waals surface area contributed by atoms with Gasteiger partial charge in [-0.05, 0) is 25.1 Å². The second-order valence-electron chi connectivity index (χ2n) is 4.37. The Morgan fingerprint density at radius 3 is 3.00 bits per heavy atom. The molecular formula is C15H15FN4O. The molecule has 0 spiro atoms. The van der Waals surface area contributed by atoms with Gasteiger partial charge in [-0.2, -0.15) is 0 Å². The van der Waals surface area contributed by atoms with Gasteiger partial charge in [0.25, 0.3) is 5.91 Å². The number of carbonyl (C=O) groups is 1. The quantitative estimate of drug-likeness (QED) is 0.745. The van der Waals surface area contributed by atoms with Gasteiger partial charge in [-0.15, -0.1) is 0 Å². The Labute approximate surface area is 121 Å². The standard InChI is InChI=1S/C15H15FN4O/c1-10(14-18-7-8-19-14)20-15(21)12-5-4-11(3-2-6-17)9-13(12)16/h4-5,7-10H,6,17H2,1H3,(H,18,19)(H,20,21). The second kappa shape index (κ2) is 6.68. The van der Waals surface area contributed by atoms with E-state index in [4.69, 9.17) is 5.73 Å². The molecule has 0 saturated heterocycles. The first-order valence-electron chi connectivity index (χ1n) is 6.40. The van der Waals surface area contributed by atoms with Crippen molar-refractivity contribution in [2.24, 2.45) is 5.73 Å². The Kier molecular flexibility index (Phi) is 4.69. The van der Waals surface area contributed by atoms with Crippen molar-refractivity contribution in [3.63, 3.8) is 0 Å². The Bertz CT molecular complexity index is 685. The smallest absolute Gasteiger partial charge is 0.254 e. The first-order chi connectivity index (χ1) is 10.1. The van der Waals surface area contributed by atoms with E-state index in [0.29, 0.717) is 11.4 Å². The molecule has 0 bridgehead atoms. The Balaban J connectivity index is 2.12. The predicted octanol–water partition coefficient (Wildman–Crippen LogP) is 1.35. The molecule has 21 heavy (non-hydrogen) atoms. The van der Waals surface area contributed by atoms with Crippen LogP contribution in [0.15, 0.2) is 30.6 Å². The highest BCUT2D eigenvalue weighted by Gasteiger charge is 2.16. The summed E-state index contributed by atoms with van der Waals surface area (Å²) in [6.07, 6.45) is 3.24. The van der Waals surface area contributed by atoms with Crippen molar-refractivity contribution in [1.82, 2.24) is 15.3 Å². The van der Waals surface area contributed by atoms with E-state index in [-0.39, 0.29) is 18.2 Å². The van der Waals surface area contributed by atoms with E-state index >= 15 is 0 Å². The van der Waals surface area contributed by atoms with Crippen molar-refractivity contribution >= 4 is 5.91 Å². The lowest BCUT2D eigenvalue weighted by Crippen LogP contribution is -2.28. The SMILES string of the molecule is CC(NC(=O)c1ccc(C#CCN)cc1F)c1ncc[nH]1. The minimum atomic E-state index is -0.622. The number of halogens is 1. The minimum absolute atomic E-state index is 0.0355. The van der Waals surface area contributed by atoms with Crippen molar-refractivity contribution in [3.8, 4) is 11.8 Å². The van der Waals surface area contributed by atoms with E-state index in [9.17, 15) is 9.18 Å². The van der Waals surface area contributed by atoms with Crippen LogP contribution in [0.2, 0.25) is 0 Å². The number of benzene rings is 1. The highest BCUT2D eigenvalue weighted by molar-refractivity contribution is 5.94. The number of hydrogen-bond acceptors (Lipinski definition) is 3. The molecule has 1 aromatic carbocycles. The summed E-state index contributed by atoms with van der Waals surface area (Å²) in [6.45, 7) is 1.96. The monoisotopic (exact) mass is 286 g/mol. The molecule has 0 aliphatic heterocycles. The first-order valence-corrected chi connectivity index (χ1v) is 6.40. The van der Waals surface area contributed by atoms with Crippen LogP contribution in [-0.2, 0) is 0 Å². The van der Waals surface area contributed by atoms with Crippen molar-refractivity contribution < 1.29 is 9.18 Å². The van der Waals surface area contributed by atoms with Crippen LogP contribution in [0.5, 0.6) is 0 Å². The number of imidazole rings is 1. The molecule has 1 heterocycles. The highest BCUT2D eigenvalue weighted by Crippen LogP contribution is 2.12. The summed E-state index contributed by atoms with van der Waals surface area (Å²) in [4.78, 5) is 19.0. The molecule has 1 atom stereocenters. The summed E-state index contributed by atoms with van der Waals surface area (Å²) in [5.74, 6) is 4.82. The van der Waals surface area contributed by atoms with Crippen molar-refractivity contribution in [3.05, 3.63) is 53.4 Å². The van der Waals surface area contributed by atoms with E-state index in [2.05, 4.69) is 27.1 Å². The molecule has 4 N–H and O–H groups in total. The van der Waals surface area contributed by atoms with Gasteiger partial charge in [0.1, 0.15) is 11.6 Å². The molecular weight excluding hydrogens is 271 g/mol. The number of nitrogens with two attached hydrogens (primary N) is 1. The molecule has 108 valence electrons. The fraction of sp³-hybridized carbons (Fsp3) is 0.200. The van der Waals surface area contributed by atoms with E-state index in [0.717, 1.165) is 0 Å². The first kappa shape index (κ1) is 14.8. The molecule has 0 radical (unpaired) electrons. The zero-order valence-electron chi connectivity index (χ0n) is 11.5. The number of nitrogens with zero attached hydrogens (tertiary/aromatic N) is 1. The van der Waals surface area contributed by atoms with Crippen LogP contribution in [0, 0.1) is 17.7 Å². The third kappa shape index (κ3) is 3.68. The molecule has 0 saturated carbocycles. The lowest BCUT2D eigenvalue weighted by atomic mass is 10.1. The third-order valence-corrected chi connectivity index (χ3v) is 2.83. The maximum atomic E-state index is 13.9. The number of hydrogen-bond donors (Lipinski definition) is 3. The maximum Gasteiger partial charge on any atom is 0.254 e. The second-order valence-corrected chi connectivity index (χ2v) is 4.37. The van der Waals surface area contributed by atoms with Crippen LogP contribution >= 0.6 is 0 Å². The number of aromatic amines is 1. The minimum Gasteiger partial charge on any atom is -0.347 e. The van der Waals surface area contributed by atoms with E-state index in [1.807, 2.05) is 0 Å². The third-order valence-electron chi connectivity index (χ3n) is 2.83. The maximum absolute atomic E-state index is 13.9. The topological polar surface area (TPSA) is 83.8 Å². The molecule has 0 fully saturated rings. The van der Waals surface area contributed by atoms with E-state index in [1.165, 1.54) is 12.1 Å². The normalized spacial score (nSPS) is 11.4. The fourth-order valence-electron chi connectivity index (χ4n) is 1.79. The van der Waals surface area contributed by atoms with E-state index < -0.39 is 11.7 Å². The van der Waals surface area contributed by atoms with Gasteiger partial charge in [-0.3, -0.25) is 4.79 Å². The average molecular weight is 286 g/mol. The van der Waals surface area contributed by atoms with Gasteiger partial charge in [-0.1, -0.05) is 11.8 Å². The number of nitrogens with one attached hydrogen (secondary N) is 2. The van der Waals surface area contributed by atoms with Gasteiger partial charge in [0.15, 0.2) is 0 Å². The van der Waals surface area contributed by atoms with Gasteiger partial charge >= 0.3 is 0 Å². The number of rotatable bonds is 3. The molecule has 5 nitrogen and oxygen atoms in total. The Hall–Kier alpha value is -2.65. The number of H-pyrrole nitrogens is 1. The molecule has 1 aromatic heterocycles. The largest absolute Gasteiger partial charge is 0.347 e. The van der Waals surface area contributed by atoms with Crippen LogP contribution in [0.4, 0.5) is 4.39 Å². The lowest BCUT2D eigenvalue weighted by Gasteiger charge is -2.12. The summed E-state index contributed by atoms with van der Waals surface area (Å²) in [7, 11) is 0. The predicted molar refractivity (Wildman–Crippen MR) is 76.8 cm³/mol. The molecule has 2 rings (SSSR count). The van der Waals surface area contributed by atoms with Gasteiger partial charge in [0.2, 0.25) is 0 Å². The fourth-order valence-corrected chi connectivity index (χ4v) is 1.79. The van der Waals surface area contributed by atoms with Crippen LogP contribution in [-0.4, -0.2) is 22.4 Å². The molecule has 2 aromatic rings. The molecule has 0 aliphatic rings. The van der Waals surface area contributed by atoms with Crippen molar-refractivity contribution in [2.45, 2.75) is 13.0 Å². The lowest BCUT2D eigenvalue weighted by molar-refractivity contribution is 0.0934. The van der Waals surface area contributed by atoms with Gasteiger partial charge in [0.05, 0.1) is 18.2 Å². The van der Waals surface area contributed by atoms with Crippen LogP contribution in [0.25, 0.3) is 0 Å². The van der Waals surface area contributed by atoms with Gasteiger partial charge in [-0.25, -0.2) is 9.37 Å². The summed E-state index contributed by atoms with van der Waals surface area (Å²) < 4.78 is 13.9. The average Bonchev–Trinajstić information content (AvgIpc) is 2.99. The Morgan fingerprint density at radius 2 is 2.38 bits per heavy atom. The Morgan fingerprint density at radius 1 is 1.57 bits per heavy atom. The summed E-state index contributed by atoms with van der Waals surface area (Å²) in [6, 6.07) is 3.86. The molecule has 1 unspecified atom stereocenters. The van der Waals surface area contributed by atoms with Crippen LogP contribution in [0.1, 0.15) is 34.7 Å². The number of aromatic nitrogens is 2. The van der Waals surface area contributed by atoms with Gasteiger partial charge < -0.3 is 16.0 Å². The van der Waals surface area contributed by atoms with Crippen molar-refractivity contribution in [1.29, 1.82) is 0 Å². The van der Waals surface area contributed by atoms with Crippen molar-refractivity contribution in [2.75, 3.05) is 6.54 Å². The van der Waals surface area contributed by atoms with Crippen LogP contribution in [0.3, 0.4) is 0 Å². The van der Waals surface area contributed by atoms with E-state index in [1.54, 1.807) is 25.4 Å². The van der Waals surface area contributed by atoms with Crippen LogP contribution < -0.4 is 11.1 Å². The number of carbonyl (C=O) groups excluding carboxylic acids is 1. The van der Waals surface area contributed by atoms with Gasteiger partial charge in [0, 0.05) is 18.0 Å². The summed E-state index contributed by atoms with van der Waals surface area (Å²) in [5.41, 5.74) is 5.70.